The predicted molar refractivity (Wildman–Crippen MR) is 51.6 cm³/mol. The summed E-state index contributed by atoms with van der Waals surface area (Å²) in [4.78, 5) is 4.24. The Kier molecular flexibility index (Phi) is 2.21. The SMILES string of the molecule is C1=NCC(Cc2ccccc2)C1. The van der Waals surface area contributed by atoms with E-state index in [1.165, 1.54) is 12.0 Å². The first-order chi connectivity index (χ1) is 5.95. The van der Waals surface area contributed by atoms with Crippen molar-refractivity contribution in [2.75, 3.05) is 6.54 Å². The Bertz CT molecular complexity index is 256. The van der Waals surface area contributed by atoms with Gasteiger partial charge in [-0.05, 0) is 30.5 Å². The minimum Gasteiger partial charge on any atom is -0.297 e. The standard InChI is InChI=1S/C11H13N/c1-2-4-10(5-3-1)8-11-6-7-12-9-11/h1-5,7,11H,6,8-9H2. The van der Waals surface area contributed by atoms with E-state index in [1.54, 1.807) is 0 Å². The van der Waals surface area contributed by atoms with Crippen molar-refractivity contribution in [2.45, 2.75) is 12.8 Å². The molecule has 0 aromatic heterocycles. The minimum absolute atomic E-state index is 0.757. The van der Waals surface area contributed by atoms with Crippen LogP contribution in [0.25, 0.3) is 0 Å². The maximum absolute atomic E-state index is 4.24. The van der Waals surface area contributed by atoms with Crippen LogP contribution < -0.4 is 0 Å². The Morgan fingerprint density at radius 2 is 2.08 bits per heavy atom. The molecule has 0 saturated heterocycles. The van der Waals surface area contributed by atoms with Gasteiger partial charge in [0, 0.05) is 6.54 Å². The highest BCUT2D eigenvalue weighted by Crippen LogP contribution is 2.15. The van der Waals surface area contributed by atoms with Gasteiger partial charge in [0.25, 0.3) is 0 Å². The van der Waals surface area contributed by atoms with Gasteiger partial charge in [-0.15, -0.1) is 0 Å². The van der Waals surface area contributed by atoms with Gasteiger partial charge in [0.05, 0.1) is 0 Å². The summed E-state index contributed by atoms with van der Waals surface area (Å²) in [6, 6.07) is 10.7. The molecule has 1 aromatic carbocycles. The van der Waals surface area contributed by atoms with Crippen LogP contribution in [0.3, 0.4) is 0 Å². The summed E-state index contributed by atoms with van der Waals surface area (Å²) < 4.78 is 0. The van der Waals surface area contributed by atoms with Crippen LogP contribution >= 0.6 is 0 Å². The largest absolute Gasteiger partial charge is 0.297 e. The Labute approximate surface area is 73.1 Å². The second-order valence-corrected chi connectivity index (χ2v) is 3.34. The lowest BCUT2D eigenvalue weighted by molar-refractivity contribution is 0.592. The maximum atomic E-state index is 4.24. The van der Waals surface area contributed by atoms with Crippen molar-refractivity contribution in [3.8, 4) is 0 Å². The van der Waals surface area contributed by atoms with E-state index in [9.17, 15) is 0 Å². The van der Waals surface area contributed by atoms with Gasteiger partial charge in [-0.1, -0.05) is 30.3 Å². The molecule has 12 heavy (non-hydrogen) atoms. The van der Waals surface area contributed by atoms with Gasteiger partial charge in [-0.3, -0.25) is 4.99 Å². The first-order valence-corrected chi connectivity index (χ1v) is 4.47. The Morgan fingerprint density at radius 1 is 1.25 bits per heavy atom. The highest BCUT2D eigenvalue weighted by atomic mass is 14.7. The van der Waals surface area contributed by atoms with Crippen molar-refractivity contribution in [3.63, 3.8) is 0 Å². The maximum Gasteiger partial charge on any atom is 0.0420 e. The molecule has 0 aliphatic carbocycles. The van der Waals surface area contributed by atoms with Gasteiger partial charge in [0.1, 0.15) is 0 Å². The fourth-order valence-electron chi connectivity index (χ4n) is 1.62. The molecule has 1 aromatic rings. The third-order valence-electron chi connectivity index (χ3n) is 2.30. The summed E-state index contributed by atoms with van der Waals surface area (Å²) in [6.07, 6.45) is 4.39. The molecule has 2 rings (SSSR count). The molecule has 1 heterocycles. The van der Waals surface area contributed by atoms with Crippen molar-refractivity contribution in [1.82, 2.24) is 0 Å². The fraction of sp³-hybridized carbons (Fsp3) is 0.364. The van der Waals surface area contributed by atoms with Crippen LogP contribution in [0.15, 0.2) is 35.3 Å². The molecule has 62 valence electrons. The third kappa shape index (κ3) is 1.73. The molecule has 1 heteroatoms. The van der Waals surface area contributed by atoms with E-state index in [4.69, 9.17) is 0 Å². The van der Waals surface area contributed by atoms with Crippen LogP contribution in [0.2, 0.25) is 0 Å². The molecule has 0 fully saturated rings. The molecule has 1 unspecified atom stereocenters. The van der Waals surface area contributed by atoms with Crippen LogP contribution in [-0.2, 0) is 6.42 Å². The lowest BCUT2D eigenvalue weighted by Gasteiger charge is -2.06. The van der Waals surface area contributed by atoms with E-state index in [-0.39, 0.29) is 0 Å². The second-order valence-electron chi connectivity index (χ2n) is 3.34. The zero-order chi connectivity index (χ0) is 8.23. The van der Waals surface area contributed by atoms with Gasteiger partial charge in [0.15, 0.2) is 0 Å². The fourth-order valence-corrected chi connectivity index (χ4v) is 1.62. The summed E-state index contributed by atoms with van der Waals surface area (Å²) in [5, 5.41) is 0. The van der Waals surface area contributed by atoms with Crippen LogP contribution in [0.5, 0.6) is 0 Å². The van der Waals surface area contributed by atoms with Gasteiger partial charge >= 0.3 is 0 Å². The number of hydrogen-bond donors (Lipinski definition) is 0. The Balaban J connectivity index is 1.95. The summed E-state index contributed by atoms with van der Waals surface area (Å²) >= 11 is 0. The van der Waals surface area contributed by atoms with E-state index >= 15 is 0 Å². The molecule has 0 bridgehead atoms. The molecule has 0 radical (unpaired) electrons. The first-order valence-electron chi connectivity index (χ1n) is 4.47. The summed E-state index contributed by atoms with van der Waals surface area (Å²) in [6.45, 7) is 1.02. The number of hydrogen-bond acceptors (Lipinski definition) is 1. The molecule has 1 aliphatic heterocycles. The minimum atomic E-state index is 0.757. The number of nitrogens with zero attached hydrogens (tertiary/aromatic N) is 1. The summed E-state index contributed by atoms with van der Waals surface area (Å²) in [7, 11) is 0. The quantitative estimate of drug-likeness (QED) is 0.628. The molecule has 0 spiro atoms. The lowest BCUT2D eigenvalue weighted by atomic mass is 9.99. The molecule has 0 saturated carbocycles. The van der Waals surface area contributed by atoms with E-state index in [2.05, 4.69) is 35.3 Å². The number of benzene rings is 1. The van der Waals surface area contributed by atoms with Gasteiger partial charge in [-0.2, -0.15) is 0 Å². The van der Waals surface area contributed by atoms with E-state index in [0.29, 0.717) is 0 Å². The Hall–Kier alpha value is -1.11. The second kappa shape index (κ2) is 3.53. The summed E-state index contributed by atoms with van der Waals surface area (Å²) in [5.74, 6) is 0.757. The van der Waals surface area contributed by atoms with Crippen LogP contribution in [0.4, 0.5) is 0 Å². The van der Waals surface area contributed by atoms with E-state index in [0.717, 1.165) is 18.9 Å². The Morgan fingerprint density at radius 3 is 2.75 bits per heavy atom. The lowest BCUT2D eigenvalue weighted by Crippen LogP contribution is -2.03. The molecule has 1 aliphatic rings. The van der Waals surface area contributed by atoms with Crippen LogP contribution in [-0.4, -0.2) is 12.8 Å². The van der Waals surface area contributed by atoms with Crippen molar-refractivity contribution >= 4 is 6.21 Å². The molecule has 0 amide bonds. The molecule has 1 atom stereocenters. The molecular weight excluding hydrogens is 146 g/mol. The number of aliphatic imine (C=N–C) groups is 1. The normalized spacial score (nSPS) is 21.5. The van der Waals surface area contributed by atoms with Gasteiger partial charge in [0.2, 0.25) is 0 Å². The van der Waals surface area contributed by atoms with Gasteiger partial charge < -0.3 is 0 Å². The topological polar surface area (TPSA) is 12.4 Å². The predicted octanol–water partition coefficient (Wildman–Crippen LogP) is 2.32. The van der Waals surface area contributed by atoms with Gasteiger partial charge in [-0.25, -0.2) is 0 Å². The van der Waals surface area contributed by atoms with Crippen LogP contribution in [0, 0.1) is 5.92 Å². The monoisotopic (exact) mass is 159 g/mol. The molecule has 0 N–H and O–H groups in total. The van der Waals surface area contributed by atoms with Crippen molar-refractivity contribution in [2.24, 2.45) is 10.9 Å². The van der Waals surface area contributed by atoms with Crippen molar-refractivity contribution < 1.29 is 0 Å². The zero-order valence-corrected chi connectivity index (χ0v) is 7.11. The number of rotatable bonds is 2. The van der Waals surface area contributed by atoms with Crippen molar-refractivity contribution in [1.29, 1.82) is 0 Å². The van der Waals surface area contributed by atoms with Crippen molar-refractivity contribution in [3.05, 3.63) is 35.9 Å². The summed E-state index contributed by atoms with van der Waals surface area (Å²) in [5.41, 5.74) is 1.44. The average molecular weight is 159 g/mol. The highest BCUT2D eigenvalue weighted by molar-refractivity contribution is 5.59. The highest BCUT2D eigenvalue weighted by Gasteiger charge is 2.11. The first kappa shape index (κ1) is 7.53. The van der Waals surface area contributed by atoms with Crippen LogP contribution in [0.1, 0.15) is 12.0 Å². The third-order valence-corrected chi connectivity index (χ3v) is 2.30. The van der Waals surface area contributed by atoms with E-state index < -0.39 is 0 Å². The molecular formula is C11H13N. The smallest absolute Gasteiger partial charge is 0.0420 e. The zero-order valence-electron chi connectivity index (χ0n) is 7.11. The van der Waals surface area contributed by atoms with E-state index in [1.807, 2.05) is 6.21 Å². The average Bonchev–Trinajstić information content (AvgIpc) is 2.59. The molecule has 1 nitrogen and oxygen atoms in total.